The zero-order valence-corrected chi connectivity index (χ0v) is 17.3. The summed E-state index contributed by atoms with van der Waals surface area (Å²) in [6.07, 6.45) is -4.63. The predicted molar refractivity (Wildman–Crippen MR) is 114 cm³/mol. The smallest absolute Gasteiger partial charge is 0.416 e. The highest BCUT2D eigenvalue weighted by Gasteiger charge is 2.39. The molecular formula is C25H22F3NO3. The maximum absolute atomic E-state index is 13.4. The van der Waals surface area contributed by atoms with E-state index in [1.807, 2.05) is 12.1 Å². The molecule has 0 bridgehead atoms. The van der Waals surface area contributed by atoms with E-state index in [1.54, 1.807) is 55.5 Å². The molecule has 0 aromatic heterocycles. The molecule has 4 nitrogen and oxygen atoms in total. The number of carboxylic acids is 1. The third kappa shape index (κ3) is 4.99. The molecule has 3 rings (SSSR count). The van der Waals surface area contributed by atoms with Crippen molar-refractivity contribution in [3.63, 3.8) is 0 Å². The predicted octanol–water partition coefficient (Wildman–Crippen LogP) is 4.82. The van der Waals surface area contributed by atoms with Gasteiger partial charge in [-0.05, 0) is 35.7 Å². The Morgan fingerprint density at radius 3 is 1.69 bits per heavy atom. The van der Waals surface area contributed by atoms with Crippen LogP contribution in [0.1, 0.15) is 29.2 Å². The zero-order chi connectivity index (χ0) is 23.4. The van der Waals surface area contributed by atoms with Crippen molar-refractivity contribution in [2.45, 2.75) is 31.0 Å². The van der Waals surface area contributed by atoms with Crippen molar-refractivity contribution in [2.24, 2.45) is 0 Å². The summed E-state index contributed by atoms with van der Waals surface area (Å²) in [6.45, 7) is 1.71. The number of carbonyl (C=O) groups excluding carboxylic acids is 1. The summed E-state index contributed by atoms with van der Waals surface area (Å²) >= 11 is 0. The first kappa shape index (κ1) is 23.1. The van der Waals surface area contributed by atoms with Crippen molar-refractivity contribution < 1.29 is 27.9 Å². The summed E-state index contributed by atoms with van der Waals surface area (Å²) < 4.78 is 38.4. The first-order valence-corrected chi connectivity index (χ1v) is 9.93. The first-order valence-electron chi connectivity index (χ1n) is 9.93. The Labute approximate surface area is 183 Å². The van der Waals surface area contributed by atoms with Crippen LogP contribution in [0.2, 0.25) is 0 Å². The van der Waals surface area contributed by atoms with Gasteiger partial charge in [-0.1, -0.05) is 72.8 Å². The fraction of sp³-hybridized carbons (Fsp3) is 0.200. The van der Waals surface area contributed by atoms with Crippen molar-refractivity contribution in [1.29, 1.82) is 0 Å². The second kappa shape index (κ2) is 9.26. The number of nitrogens with one attached hydrogen (secondary N) is 1. The van der Waals surface area contributed by atoms with Crippen LogP contribution in [0, 0.1) is 0 Å². The Morgan fingerprint density at radius 1 is 0.812 bits per heavy atom. The number of benzene rings is 3. The molecule has 32 heavy (non-hydrogen) atoms. The van der Waals surface area contributed by atoms with Crippen molar-refractivity contribution in [2.75, 3.05) is 0 Å². The average Bonchev–Trinajstić information content (AvgIpc) is 2.78. The van der Waals surface area contributed by atoms with Gasteiger partial charge in [-0.3, -0.25) is 4.79 Å². The van der Waals surface area contributed by atoms with Crippen molar-refractivity contribution in [1.82, 2.24) is 5.32 Å². The van der Waals surface area contributed by atoms with Gasteiger partial charge in [0.25, 0.3) is 0 Å². The topological polar surface area (TPSA) is 66.4 Å². The molecular weight excluding hydrogens is 419 g/mol. The van der Waals surface area contributed by atoms with E-state index >= 15 is 0 Å². The Hall–Kier alpha value is -3.61. The molecule has 0 aliphatic heterocycles. The SMILES string of the molecule is CC(C(=O)N[C@@H](Cc1ccc(C(F)(F)F)cc1)C(=O)O)(c1ccccc1)c1ccccc1. The van der Waals surface area contributed by atoms with Gasteiger partial charge >= 0.3 is 12.1 Å². The lowest BCUT2D eigenvalue weighted by Gasteiger charge is -2.31. The second-order valence-electron chi connectivity index (χ2n) is 7.62. The Morgan fingerprint density at radius 2 is 1.28 bits per heavy atom. The van der Waals surface area contributed by atoms with Crippen LogP contribution in [-0.2, 0) is 27.6 Å². The van der Waals surface area contributed by atoms with Gasteiger partial charge in [0.2, 0.25) is 5.91 Å². The van der Waals surface area contributed by atoms with Gasteiger partial charge in [0, 0.05) is 6.42 Å². The molecule has 7 heteroatoms. The fourth-order valence-corrected chi connectivity index (χ4v) is 3.54. The second-order valence-corrected chi connectivity index (χ2v) is 7.62. The highest BCUT2D eigenvalue weighted by molar-refractivity contribution is 5.94. The monoisotopic (exact) mass is 441 g/mol. The third-order valence-electron chi connectivity index (χ3n) is 5.48. The summed E-state index contributed by atoms with van der Waals surface area (Å²) in [5.41, 5.74) is -0.259. The van der Waals surface area contributed by atoms with Crippen LogP contribution in [0.15, 0.2) is 84.9 Å². The van der Waals surface area contributed by atoms with E-state index in [4.69, 9.17) is 0 Å². The molecule has 0 aliphatic rings. The lowest BCUT2D eigenvalue weighted by Crippen LogP contribution is -2.50. The van der Waals surface area contributed by atoms with Crippen LogP contribution < -0.4 is 5.32 Å². The number of hydrogen-bond acceptors (Lipinski definition) is 2. The average molecular weight is 441 g/mol. The van der Waals surface area contributed by atoms with Crippen LogP contribution in [-0.4, -0.2) is 23.0 Å². The summed E-state index contributed by atoms with van der Waals surface area (Å²) in [5.74, 6) is -1.80. The molecule has 0 fully saturated rings. The van der Waals surface area contributed by atoms with Gasteiger partial charge in [-0.25, -0.2) is 4.79 Å². The van der Waals surface area contributed by atoms with Gasteiger partial charge in [0.15, 0.2) is 0 Å². The number of carbonyl (C=O) groups is 2. The quantitative estimate of drug-likeness (QED) is 0.552. The largest absolute Gasteiger partial charge is 0.480 e. The van der Waals surface area contributed by atoms with Crippen LogP contribution in [0.25, 0.3) is 0 Å². The standard InChI is InChI=1S/C25H22F3NO3/c1-24(18-8-4-2-5-9-18,19-10-6-3-7-11-19)23(32)29-21(22(30)31)16-17-12-14-20(15-13-17)25(26,27)28/h2-15,21H,16H2,1H3,(H,29,32)(H,30,31)/t21-/m0/s1. The minimum Gasteiger partial charge on any atom is -0.480 e. The van der Waals surface area contributed by atoms with Gasteiger partial charge in [0.1, 0.15) is 6.04 Å². The Kier molecular flexibility index (Phi) is 6.67. The number of alkyl halides is 3. The number of rotatable bonds is 7. The third-order valence-corrected chi connectivity index (χ3v) is 5.48. The molecule has 0 saturated carbocycles. The molecule has 3 aromatic rings. The molecule has 1 atom stereocenters. The zero-order valence-electron chi connectivity index (χ0n) is 17.3. The minimum absolute atomic E-state index is 0.154. The minimum atomic E-state index is -4.48. The molecule has 166 valence electrons. The van der Waals surface area contributed by atoms with Crippen LogP contribution in [0.3, 0.4) is 0 Å². The summed E-state index contributed by atoms with van der Waals surface area (Å²) in [5, 5.41) is 12.3. The van der Waals surface area contributed by atoms with E-state index in [0.29, 0.717) is 16.7 Å². The Bertz CT molecular complexity index is 1030. The maximum Gasteiger partial charge on any atom is 0.416 e. The summed E-state index contributed by atoms with van der Waals surface area (Å²) in [7, 11) is 0. The van der Waals surface area contributed by atoms with Crippen LogP contribution >= 0.6 is 0 Å². The first-order chi connectivity index (χ1) is 15.1. The van der Waals surface area contributed by atoms with Gasteiger partial charge in [0.05, 0.1) is 11.0 Å². The molecule has 3 aromatic carbocycles. The summed E-state index contributed by atoms with van der Waals surface area (Å²) in [6, 6.07) is 20.9. The lowest BCUT2D eigenvalue weighted by molar-refractivity contribution is -0.142. The number of aliphatic carboxylic acids is 1. The van der Waals surface area contributed by atoms with Crippen LogP contribution in [0.4, 0.5) is 13.2 Å². The van der Waals surface area contributed by atoms with Crippen molar-refractivity contribution >= 4 is 11.9 Å². The van der Waals surface area contributed by atoms with Crippen molar-refractivity contribution in [3.05, 3.63) is 107 Å². The van der Waals surface area contributed by atoms with Crippen LogP contribution in [0.5, 0.6) is 0 Å². The number of halogens is 3. The highest BCUT2D eigenvalue weighted by atomic mass is 19.4. The fourth-order valence-electron chi connectivity index (χ4n) is 3.54. The molecule has 0 aliphatic carbocycles. The molecule has 0 heterocycles. The number of carboxylic acid groups (broad SMARTS) is 1. The highest BCUT2D eigenvalue weighted by Crippen LogP contribution is 2.33. The molecule has 0 spiro atoms. The van der Waals surface area contributed by atoms with E-state index < -0.39 is 35.1 Å². The summed E-state index contributed by atoms with van der Waals surface area (Å²) in [4.78, 5) is 25.3. The number of hydrogen-bond donors (Lipinski definition) is 2. The van der Waals surface area contributed by atoms with Gasteiger partial charge < -0.3 is 10.4 Å². The molecule has 1 amide bonds. The normalized spacial score (nSPS) is 12.8. The number of amides is 1. The lowest BCUT2D eigenvalue weighted by atomic mass is 9.75. The Balaban J connectivity index is 1.88. The van der Waals surface area contributed by atoms with Gasteiger partial charge in [-0.2, -0.15) is 13.2 Å². The molecule has 2 N–H and O–H groups in total. The molecule has 0 unspecified atom stereocenters. The van der Waals surface area contributed by atoms with E-state index in [2.05, 4.69) is 5.32 Å². The van der Waals surface area contributed by atoms with Crippen molar-refractivity contribution in [3.8, 4) is 0 Å². The van der Waals surface area contributed by atoms with E-state index in [1.165, 1.54) is 12.1 Å². The molecule has 0 radical (unpaired) electrons. The van der Waals surface area contributed by atoms with E-state index in [-0.39, 0.29) is 6.42 Å². The molecule has 0 saturated heterocycles. The maximum atomic E-state index is 13.4. The van der Waals surface area contributed by atoms with E-state index in [9.17, 15) is 27.9 Å². The van der Waals surface area contributed by atoms with Gasteiger partial charge in [-0.15, -0.1) is 0 Å². The van der Waals surface area contributed by atoms with E-state index in [0.717, 1.165) is 12.1 Å².